The Bertz CT molecular complexity index is 694. The molecule has 7 nitrogen and oxygen atoms in total. The molecular weight excluding hydrogens is 354 g/mol. The molecule has 0 bridgehead atoms. The highest BCUT2D eigenvalue weighted by atomic mass is 32.2. The number of rotatable bonds is 7. The molecule has 2 aliphatic heterocycles. The van der Waals surface area contributed by atoms with Crippen LogP contribution >= 0.6 is 0 Å². The average molecular weight is 381 g/mol. The van der Waals surface area contributed by atoms with E-state index in [2.05, 4.69) is 15.4 Å². The molecule has 26 heavy (non-hydrogen) atoms. The van der Waals surface area contributed by atoms with E-state index in [0.29, 0.717) is 24.6 Å². The van der Waals surface area contributed by atoms with Crippen molar-refractivity contribution in [2.45, 2.75) is 36.7 Å². The van der Waals surface area contributed by atoms with Crippen molar-refractivity contribution in [3.05, 3.63) is 29.8 Å². The van der Waals surface area contributed by atoms with Crippen LogP contribution in [0.25, 0.3) is 0 Å². The molecule has 0 saturated carbocycles. The van der Waals surface area contributed by atoms with Gasteiger partial charge in [0.25, 0.3) is 5.91 Å². The molecule has 2 atom stereocenters. The van der Waals surface area contributed by atoms with E-state index in [9.17, 15) is 13.2 Å². The van der Waals surface area contributed by atoms with Gasteiger partial charge in [-0.25, -0.2) is 13.1 Å². The summed E-state index contributed by atoms with van der Waals surface area (Å²) in [6.07, 6.45) is 4.03. The third kappa shape index (κ3) is 5.26. The largest absolute Gasteiger partial charge is 0.377 e. The lowest BCUT2D eigenvalue weighted by Gasteiger charge is -2.22. The first kappa shape index (κ1) is 19.3. The highest BCUT2D eigenvalue weighted by Crippen LogP contribution is 2.14. The van der Waals surface area contributed by atoms with Crippen LogP contribution in [0.5, 0.6) is 0 Å². The van der Waals surface area contributed by atoms with Gasteiger partial charge in [-0.1, -0.05) is 0 Å². The van der Waals surface area contributed by atoms with Crippen LogP contribution in [0.3, 0.4) is 0 Å². The number of hydrogen-bond acceptors (Lipinski definition) is 5. The monoisotopic (exact) mass is 381 g/mol. The average Bonchev–Trinajstić information content (AvgIpc) is 3.19. The SMILES string of the molecule is O=C(NCC1CCCNC1)c1ccc(S(=O)(=O)NCC2CCCO2)cc1. The van der Waals surface area contributed by atoms with Crippen LogP contribution in [0, 0.1) is 5.92 Å². The van der Waals surface area contributed by atoms with E-state index in [0.717, 1.165) is 38.8 Å². The Morgan fingerprint density at radius 1 is 1.15 bits per heavy atom. The van der Waals surface area contributed by atoms with Crippen molar-refractivity contribution in [1.29, 1.82) is 0 Å². The number of ether oxygens (including phenoxy) is 1. The van der Waals surface area contributed by atoms with E-state index in [1.54, 1.807) is 12.1 Å². The molecule has 2 aliphatic rings. The quantitative estimate of drug-likeness (QED) is 0.651. The van der Waals surface area contributed by atoms with Gasteiger partial charge < -0.3 is 15.4 Å². The number of sulfonamides is 1. The van der Waals surface area contributed by atoms with Gasteiger partial charge in [-0.05, 0) is 69.0 Å². The van der Waals surface area contributed by atoms with E-state index < -0.39 is 10.0 Å². The van der Waals surface area contributed by atoms with E-state index in [-0.39, 0.29) is 23.5 Å². The Hall–Kier alpha value is -1.48. The van der Waals surface area contributed by atoms with E-state index >= 15 is 0 Å². The number of hydrogen-bond donors (Lipinski definition) is 3. The van der Waals surface area contributed by atoms with Crippen molar-refractivity contribution in [1.82, 2.24) is 15.4 Å². The third-order valence-corrected chi connectivity index (χ3v) is 6.34. The van der Waals surface area contributed by atoms with Crippen LogP contribution in [0.2, 0.25) is 0 Å². The smallest absolute Gasteiger partial charge is 0.251 e. The molecule has 0 aliphatic carbocycles. The summed E-state index contributed by atoms with van der Waals surface area (Å²) in [6.45, 7) is 3.57. The third-order valence-electron chi connectivity index (χ3n) is 4.90. The maximum absolute atomic E-state index is 12.3. The lowest BCUT2D eigenvalue weighted by molar-refractivity contribution is 0.0944. The molecule has 1 amide bonds. The molecule has 2 saturated heterocycles. The second-order valence-corrected chi connectivity index (χ2v) is 8.70. The molecule has 2 unspecified atom stereocenters. The minimum Gasteiger partial charge on any atom is -0.377 e. The van der Waals surface area contributed by atoms with Gasteiger partial charge in [0.05, 0.1) is 11.0 Å². The zero-order valence-electron chi connectivity index (χ0n) is 14.9. The lowest BCUT2D eigenvalue weighted by atomic mass is 10.00. The van der Waals surface area contributed by atoms with Crippen LogP contribution in [0.4, 0.5) is 0 Å². The Labute approximate surface area is 154 Å². The van der Waals surface area contributed by atoms with Crippen molar-refractivity contribution in [2.24, 2.45) is 5.92 Å². The summed E-state index contributed by atoms with van der Waals surface area (Å²) in [6, 6.07) is 6.04. The van der Waals surface area contributed by atoms with Crippen LogP contribution in [-0.2, 0) is 14.8 Å². The molecular formula is C18H27N3O4S. The van der Waals surface area contributed by atoms with Gasteiger partial charge >= 0.3 is 0 Å². The first-order valence-electron chi connectivity index (χ1n) is 9.25. The van der Waals surface area contributed by atoms with Crippen LogP contribution in [-0.4, -0.2) is 53.2 Å². The number of nitrogens with one attached hydrogen (secondary N) is 3. The Morgan fingerprint density at radius 3 is 2.62 bits per heavy atom. The maximum atomic E-state index is 12.3. The van der Waals surface area contributed by atoms with Crippen LogP contribution in [0.15, 0.2) is 29.2 Å². The highest BCUT2D eigenvalue weighted by molar-refractivity contribution is 7.89. The molecule has 1 aromatic carbocycles. The fraction of sp³-hybridized carbons (Fsp3) is 0.611. The molecule has 2 fully saturated rings. The first-order chi connectivity index (χ1) is 12.5. The Morgan fingerprint density at radius 2 is 1.96 bits per heavy atom. The second kappa shape index (κ2) is 8.94. The van der Waals surface area contributed by atoms with Crippen LogP contribution in [0.1, 0.15) is 36.0 Å². The minimum atomic E-state index is -3.59. The predicted octanol–water partition coefficient (Wildman–Crippen LogP) is 0.873. The molecule has 0 aromatic heterocycles. The Balaban J connectivity index is 1.52. The molecule has 3 N–H and O–H groups in total. The molecule has 144 valence electrons. The van der Waals surface area contributed by atoms with Crippen LogP contribution < -0.4 is 15.4 Å². The number of piperidine rings is 1. The number of benzene rings is 1. The zero-order valence-corrected chi connectivity index (χ0v) is 15.7. The summed E-state index contributed by atoms with van der Waals surface area (Å²) in [4.78, 5) is 12.4. The van der Waals surface area contributed by atoms with Gasteiger partial charge in [0.2, 0.25) is 10.0 Å². The summed E-state index contributed by atoms with van der Waals surface area (Å²) in [5.74, 6) is 0.279. The van der Waals surface area contributed by atoms with Gasteiger partial charge in [-0.2, -0.15) is 0 Å². The summed E-state index contributed by atoms with van der Waals surface area (Å²) in [5.41, 5.74) is 0.465. The fourth-order valence-electron chi connectivity index (χ4n) is 3.31. The van der Waals surface area contributed by atoms with Crippen molar-refractivity contribution in [3.63, 3.8) is 0 Å². The summed E-state index contributed by atoms with van der Waals surface area (Å²) in [7, 11) is -3.59. The van der Waals surface area contributed by atoms with Gasteiger partial charge in [-0.15, -0.1) is 0 Å². The molecule has 0 spiro atoms. The van der Waals surface area contributed by atoms with Crippen molar-refractivity contribution in [3.8, 4) is 0 Å². The number of amides is 1. The predicted molar refractivity (Wildman–Crippen MR) is 98.5 cm³/mol. The molecule has 0 radical (unpaired) electrons. The van der Waals surface area contributed by atoms with Crippen molar-refractivity contribution >= 4 is 15.9 Å². The zero-order chi connectivity index (χ0) is 18.4. The van der Waals surface area contributed by atoms with E-state index in [1.165, 1.54) is 12.1 Å². The first-order valence-corrected chi connectivity index (χ1v) is 10.7. The highest BCUT2D eigenvalue weighted by Gasteiger charge is 2.21. The second-order valence-electron chi connectivity index (χ2n) is 6.93. The van der Waals surface area contributed by atoms with Gasteiger partial charge in [0.1, 0.15) is 0 Å². The minimum absolute atomic E-state index is 0.0518. The van der Waals surface area contributed by atoms with E-state index in [1.807, 2.05) is 0 Å². The maximum Gasteiger partial charge on any atom is 0.251 e. The van der Waals surface area contributed by atoms with Crippen molar-refractivity contribution in [2.75, 3.05) is 32.8 Å². The Kier molecular flexibility index (Phi) is 6.63. The standard InChI is InChI=1S/C18H27N3O4S/c22-18(20-12-14-3-1-9-19-11-14)15-5-7-17(8-6-15)26(23,24)21-13-16-4-2-10-25-16/h5-8,14,16,19,21H,1-4,9-13H2,(H,20,22). The van der Waals surface area contributed by atoms with Gasteiger partial charge in [0, 0.05) is 25.3 Å². The van der Waals surface area contributed by atoms with Gasteiger partial charge in [-0.3, -0.25) is 4.79 Å². The van der Waals surface area contributed by atoms with Gasteiger partial charge in [0.15, 0.2) is 0 Å². The summed E-state index contributed by atoms with van der Waals surface area (Å²) >= 11 is 0. The summed E-state index contributed by atoms with van der Waals surface area (Å²) in [5, 5.41) is 6.25. The molecule has 1 aromatic rings. The van der Waals surface area contributed by atoms with E-state index in [4.69, 9.17) is 4.74 Å². The molecule has 8 heteroatoms. The topological polar surface area (TPSA) is 96.5 Å². The van der Waals surface area contributed by atoms with Crippen molar-refractivity contribution < 1.29 is 17.9 Å². The number of carbonyl (C=O) groups is 1. The summed E-state index contributed by atoms with van der Waals surface area (Å²) < 4.78 is 32.7. The molecule has 3 rings (SSSR count). The number of carbonyl (C=O) groups excluding carboxylic acids is 1. The lowest BCUT2D eigenvalue weighted by Crippen LogP contribution is -2.38. The molecule has 2 heterocycles. The fourth-order valence-corrected chi connectivity index (χ4v) is 4.38. The normalized spacial score (nSPS) is 23.7.